The van der Waals surface area contributed by atoms with Gasteiger partial charge in [-0.1, -0.05) is 28.1 Å². The monoisotopic (exact) mass is 328 g/mol. The van der Waals surface area contributed by atoms with E-state index in [2.05, 4.69) is 27.3 Å². The first-order valence-corrected chi connectivity index (χ1v) is 6.93. The molecule has 0 atom stereocenters. The number of carbonyl (C=O) groups excluding carboxylic acids is 1. The second kappa shape index (κ2) is 6.36. The van der Waals surface area contributed by atoms with Gasteiger partial charge in [-0.25, -0.2) is 0 Å². The number of aryl methyl sites for hydroxylation is 1. The van der Waals surface area contributed by atoms with Crippen LogP contribution in [0.1, 0.15) is 16.7 Å². The summed E-state index contributed by atoms with van der Waals surface area (Å²) in [6.45, 7) is 1.97. The average Bonchev–Trinajstić information content (AvgIpc) is 2.44. The van der Waals surface area contributed by atoms with E-state index >= 15 is 0 Å². The molecule has 2 aromatic carbocycles. The number of hydrogen-bond donors (Lipinski definition) is 1. The van der Waals surface area contributed by atoms with Gasteiger partial charge in [0.25, 0.3) is 0 Å². The van der Waals surface area contributed by atoms with Crippen molar-refractivity contribution in [3.8, 4) is 6.07 Å². The molecule has 0 aliphatic rings. The van der Waals surface area contributed by atoms with Crippen LogP contribution in [0.3, 0.4) is 0 Å². The van der Waals surface area contributed by atoms with Crippen molar-refractivity contribution in [2.75, 3.05) is 5.32 Å². The Morgan fingerprint density at radius 2 is 1.95 bits per heavy atom. The number of rotatable bonds is 3. The number of amides is 1. The number of carbonyl (C=O) groups is 1. The molecule has 0 aromatic heterocycles. The average molecular weight is 329 g/mol. The van der Waals surface area contributed by atoms with E-state index in [1.165, 1.54) is 0 Å². The summed E-state index contributed by atoms with van der Waals surface area (Å²) in [5.74, 6) is -0.0727. The molecule has 0 bridgehead atoms. The molecule has 3 nitrogen and oxygen atoms in total. The third-order valence-corrected chi connectivity index (χ3v) is 3.78. The van der Waals surface area contributed by atoms with Crippen molar-refractivity contribution >= 4 is 27.5 Å². The first kappa shape index (κ1) is 14.3. The fourth-order valence-corrected chi connectivity index (χ4v) is 2.06. The van der Waals surface area contributed by atoms with Gasteiger partial charge < -0.3 is 5.32 Å². The molecule has 0 radical (unpaired) electrons. The fraction of sp³-hybridized carbons (Fsp3) is 0.125. The number of anilines is 1. The van der Waals surface area contributed by atoms with Crippen LogP contribution in [0.4, 0.5) is 5.69 Å². The van der Waals surface area contributed by atoms with E-state index in [9.17, 15) is 4.79 Å². The van der Waals surface area contributed by atoms with E-state index in [0.717, 1.165) is 21.3 Å². The summed E-state index contributed by atoms with van der Waals surface area (Å²) in [6, 6.07) is 14.8. The van der Waals surface area contributed by atoms with Gasteiger partial charge in [-0.2, -0.15) is 5.26 Å². The lowest BCUT2D eigenvalue weighted by Gasteiger charge is -2.07. The molecule has 0 fully saturated rings. The van der Waals surface area contributed by atoms with Crippen LogP contribution in [0.25, 0.3) is 0 Å². The summed E-state index contributed by atoms with van der Waals surface area (Å²) in [4.78, 5) is 11.9. The summed E-state index contributed by atoms with van der Waals surface area (Å²) in [6.07, 6.45) is 0.292. The number of hydrogen-bond acceptors (Lipinski definition) is 2. The highest BCUT2D eigenvalue weighted by molar-refractivity contribution is 9.10. The van der Waals surface area contributed by atoms with E-state index in [1.807, 2.05) is 25.1 Å². The van der Waals surface area contributed by atoms with Crippen LogP contribution in [0.2, 0.25) is 0 Å². The highest BCUT2D eigenvalue weighted by Gasteiger charge is 2.05. The van der Waals surface area contributed by atoms with Gasteiger partial charge in [-0.3, -0.25) is 4.79 Å². The third kappa shape index (κ3) is 3.69. The van der Waals surface area contributed by atoms with Crippen molar-refractivity contribution < 1.29 is 4.79 Å². The Labute approximate surface area is 126 Å². The van der Waals surface area contributed by atoms with Crippen molar-refractivity contribution in [1.29, 1.82) is 5.26 Å². The number of nitriles is 1. The maximum Gasteiger partial charge on any atom is 0.228 e. The molecule has 1 N–H and O–H groups in total. The molecule has 20 heavy (non-hydrogen) atoms. The van der Waals surface area contributed by atoms with E-state index in [4.69, 9.17) is 5.26 Å². The van der Waals surface area contributed by atoms with Crippen LogP contribution in [-0.4, -0.2) is 5.91 Å². The van der Waals surface area contributed by atoms with Crippen LogP contribution in [-0.2, 0) is 11.2 Å². The molecule has 2 rings (SSSR count). The second-order valence-corrected chi connectivity index (χ2v) is 5.35. The van der Waals surface area contributed by atoms with Crippen molar-refractivity contribution in [3.63, 3.8) is 0 Å². The quantitative estimate of drug-likeness (QED) is 0.931. The lowest BCUT2D eigenvalue weighted by atomic mass is 10.1. The van der Waals surface area contributed by atoms with Gasteiger partial charge in [0.1, 0.15) is 0 Å². The minimum absolute atomic E-state index is 0.0727. The number of benzene rings is 2. The van der Waals surface area contributed by atoms with E-state index < -0.39 is 0 Å². The molecule has 2 aromatic rings. The predicted octanol–water partition coefficient (Wildman–Crippen LogP) is 3.81. The molecule has 0 unspecified atom stereocenters. The Morgan fingerprint density at radius 1 is 1.25 bits per heavy atom. The molecule has 0 heterocycles. The first-order chi connectivity index (χ1) is 9.58. The molecule has 0 aliphatic carbocycles. The number of nitrogens with one attached hydrogen (secondary N) is 1. The van der Waals surface area contributed by atoms with Gasteiger partial charge in [0.05, 0.1) is 18.1 Å². The Morgan fingerprint density at radius 3 is 2.55 bits per heavy atom. The summed E-state index contributed by atoms with van der Waals surface area (Å²) in [7, 11) is 0. The van der Waals surface area contributed by atoms with Crippen molar-refractivity contribution in [3.05, 3.63) is 63.6 Å². The van der Waals surface area contributed by atoms with Crippen LogP contribution in [0.15, 0.2) is 46.9 Å². The summed E-state index contributed by atoms with van der Waals surface area (Å²) < 4.78 is 1.02. The molecule has 0 spiro atoms. The van der Waals surface area contributed by atoms with Gasteiger partial charge in [0.15, 0.2) is 0 Å². The predicted molar refractivity (Wildman–Crippen MR) is 82.4 cm³/mol. The van der Waals surface area contributed by atoms with Crippen molar-refractivity contribution in [1.82, 2.24) is 0 Å². The molecular formula is C16H13BrN2O. The summed E-state index contributed by atoms with van der Waals surface area (Å²) in [5.41, 5.74) is 3.33. The first-order valence-electron chi connectivity index (χ1n) is 6.13. The molecule has 1 amide bonds. The molecule has 0 aliphatic heterocycles. The number of halogens is 1. The molecule has 0 saturated heterocycles. The minimum Gasteiger partial charge on any atom is -0.326 e. The van der Waals surface area contributed by atoms with E-state index in [1.54, 1.807) is 24.3 Å². The maximum absolute atomic E-state index is 11.9. The lowest BCUT2D eigenvalue weighted by Crippen LogP contribution is -2.14. The van der Waals surface area contributed by atoms with E-state index in [-0.39, 0.29) is 5.91 Å². The standard InChI is InChI=1S/C16H13BrN2O/c1-11-8-14(6-7-15(11)17)19-16(20)9-12-2-4-13(10-18)5-3-12/h2-8H,9H2,1H3,(H,19,20). The van der Waals surface area contributed by atoms with Gasteiger partial charge in [0.2, 0.25) is 5.91 Å². The van der Waals surface area contributed by atoms with E-state index in [0.29, 0.717) is 12.0 Å². The normalized spacial score (nSPS) is 9.85. The van der Waals surface area contributed by atoms with Gasteiger partial charge in [-0.15, -0.1) is 0 Å². The number of nitrogens with zero attached hydrogens (tertiary/aromatic N) is 1. The maximum atomic E-state index is 11.9. The van der Waals surface area contributed by atoms with Crippen LogP contribution < -0.4 is 5.32 Å². The highest BCUT2D eigenvalue weighted by Crippen LogP contribution is 2.20. The second-order valence-electron chi connectivity index (χ2n) is 4.50. The van der Waals surface area contributed by atoms with Crippen molar-refractivity contribution in [2.45, 2.75) is 13.3 Å². The summed E-state index contributed by atoms with van der Waals surface area (Å²) in [5, 5.41) is 11.6. The van der Waals surface area contributed by atoms with Crippen LogP contribution in [0.5, 0.6) is 0 Å². The lowest BCUT2D eigenvalue weighted by molar-refractivity contribution is -0.115. The fourth-order valence-electron chi connectivity index (χ4n) is 1.81. The van der Waals surface area contributed by atoms with Gasteiger partial charge >= 0.3 is 0 Å². The Kier molecular flexibility index (Phi) is 4.54. The smallest absolute Gasteiger partial charge is 0.228 e. The molecule has 4 heteroatoms. The highest BCUT2D eigenvalue weighted by atomic mass is 79.9. The van der Waals surface area contributed by atoms with Crippen LogP contribution >= 0.6 is 15.9 Å². The zero-order valence-electron chi connectivity index (χ0n) is 11.0. The summed E-state index contributed by atoms with van der Waals surface area (Å²) >= 11 is 3.42. The third-order valence-electron chi connectivity index (χ3n) is 2.89. The largest absolute Gasteiger partial charge is 0.326 e. The Balaban J connectivity index is 2.01. The van der Waals surface area contributed by atoms with Gasteiger partial charge in [0, 0.05) is 10.2 Å². The molecule has 100 valence electrons. The Bertz CT molecular complexity index is 672. The van der Waals surface area contributed by atoms with Crippen molar-refractivity contribution in [2.24, 2.45) is 0 Å². The molecule has 0 saturated carbocycles. The Hall–Kier alpha value is -2.12. The zero-order chi connectivity index (χ0) is 14.5. The van der Waals surface area contributed by atoms with Crippen LogP contribution in [0, 0.1) is 18.3 Å². The van der Waals surface area contributed by atoms with Gasteiger partial charge in [-0.05, 0) is 48.4 Å². The topological polar surface area (TPSA) is 52.9 Å². The minimum atomic E-state index is -0.0727. The molecular weight excluding hydrogens is 316 g/mol. The zero-order valence-corrected chi connectivity index (χ0v) is 12.6. The SMILES string of the molecule is Cc1cc(NC(=O)Cc2ccc(C#N)cc2)ccc1Br.